The highest BCUT2D eigenvalue weighted by molar-refractivity contribution is 5.86. The van der Waals surface area contributed by atoms with E-state index in [0.29, 0.717) is 0 Å². The minimum Gasteiger partial charge on any atom is -0.481 e. The predicted octanol–water partition coefficient (Wildman–Crippen LogP) is -0.511. The van der Waals surface area contributed by atoms with E-state index in [-0.39, 0.29) is 6.54 Å². The first-order valence-electron chi connectivity index (χ1n) is 5.73. The number of nitrogens with one attached hydrogen (secondary N) is 1. The molecule has 0 radical (unpaired) electrons. The molecule has 1 aromatic rings. The van der Waals surface area contributed by atoms with Gasteiger partial charge >= 0.3 is 18.0 Å². The fourth-order valence-corrected chi connectivity index (χ4v) is 1.53. The molecule has 0 aliphatic carbocycles. The topological polar surface area (TPSA) is 125 Å². The third-order valence-electron chi connectivity index (χ3n) is 2.50. The fraction of sp³-hybridized carbons (Fsp3) is 0.455. The largest absolute Gasteiger partial charge is 0.481 e. The Hall–Kier alpha value is -2.58. The summed E-state index contributed by atoms with van der Waals surface area (Å²) in [5.41, 5.74) is 0.773. The average Bonchev–Trinajstić information content (AvgIpc) is 2.72. The number of carbonyl (C=O) groups excluding carboxylic acids is 1. The van der Waals surface area contributed by atoms with Crippen molar-refractivity contribution in [3.8, 4) is 0 Å². The second-order valence-corrected chi connectivity index (χ2v) is 4.32. The number of aliphatic carboxylic acids is 2. The summed E-state index contributed by atoms with van der Waals surface area (Å²) in [7, 11) is 3.21. The van der Waals surface area contributed by atoms with Crippen LogP contribution in [0.3, 0.4) is 0 Å². The Morgan fingerprint density at radius 3 is 2.55 bits per heavy atom. The van der Waals surface area contributed by atoms with Crippen molar-refractivity contribution < 1.29 is 24.6 Å². The van der Waals surface area contributed by atoms with E-state index >= 15 is 0 Å². The van der Waals surface area contributed by atoms with Gasteiger partial charge in [-0.2, -0.15) is 5.10 Å². The molecule has 1 aromatic heterocycles. The highest BCUT2D eigenvalue weighted by Gasteiger charge is 2.24. The Morgan fingerprint density at radius 2 is 2.10 bits per heavy atom. The van der Waals surface area contributed by atoms with Crippen molar-refractivity contribution in [1.82, 2.24) is 20.0 Å². The van der Waals surface area contributed by atoms with E-state index in [2.05, 4.69) is 10.4 Å². The highest BCUT2D eigenvalue weighted by atomic mass is 16.4. The Kier molecular flexibility index (Phi) is 5.07. The van der Waals surface area contributed by atoms with Gasteiger partial charge in [-0.15, -0.1) is 0 Å². The van der Waals surface area contributed by atoms with E-state index in [4.69, 9.17) is 10.2 Å². The fourth-order valence-electron chi connectivity index (χ4n) is 1.53. The van der Waals surface area contributed by atoms with Gasteiger partial charge in [0.05, 0.1) is 19.2 Å². The normalized spacial score (nSPS) is 11.7. The summed E-state index contributed by atoms with van der Waals surface area (Å²) in [4.78, 5) is 34.4. The average molecular weight is 284 g/mol. The number of hydrogen-bond acceptors (Lipinski definition) is 4. The third-order valence-corrected chi connectivity index (χ3v) is 2.50. The minimum absolute atomic E-state index is 0.235. The van der Waals surface area contributed by atoms with Crippen LogP contribution in [0.5, 0.6) is 0 Å². The lowest BCUT2D eigenvalue weighted by molar-refractivity contribution is -0.145. The van der Waals surface area contributed by atoms with Crippen molar-refractivity contribution in [1.29, 1.82) is 0 Å². The van der Waals surface area contributed by atoms with Crippen molar-refractivity contribution in [2.75, 3.05) is 7.05 Å². The molecule has 9 heteroatoms. The Labute approximate surface area is 114 Å². The molecule has 2 amide bonds. The number of nitrogens with zero attached hydrogens (tertiary/aromatic N) is 3. The second kappa shape index (κ2) is 6.55. The van der Waals surface area contributed by atoms with Gasteiger partial charge in [0.25, 0.3) is 0 Å². The zero-order chi connectivity index (χ0) is 15.3. The zero-order valence-electron chi connectivity index (χ0n) is 11.1. The van der Waals surface area contributed by atoms with Crippen LogP contribution in [-0.4, -0.2) is 56.0 Å². The molecule has 1 heterocycles. The summed E-state index contributed by atoms with van der Waals surface area (Å²) in [6.45, 7) is 0.235. The SMILES string of the molecule is CN(Cc1cnn(C)c1)C(=O)N[C@@H](CC(=O)O)C(=O)O. The van der Waals surface area contributed by atoms with Gasteiger partial charge in [-0.05, 0) is 0 Å². The van der Waals surface area contributed by atoms with Crippen molar-refractivity contribution in [2.45, 2.75) is 19.0 Å². The molecule has 9 nitrogen and oxygen atoms in total. The van der Waals surface area contributed by atoms with Crippen LogP contribution in [0.2, 0.25) is 0 Å². The maximum atomic E-state index is 11.8. The van der Waals surface area contributed by atoms with Gasteiger partial charge in [0.15, 0.2) is 0 Å². The lowest BCUT2D eigenvalue weighted by Gasteiger charge is -2.20. The minimum atomic E-state index is -1.46. The molecule has 0 bridgehead atoms. The van der Waals surface area contributed by atoms with E-state index in [1.165, 1.54) is 11.9 Å². The summed E-state index contributed by atoms with van der Waals surface area (Å²) >= 11 is 0. The van der Waals surface area contributed by atoms with Crippen molar-refractivity contribution in [2.24, 2.45) is 7.05 Å². The highest BCUT2D eigenvalue weighted by Crippen LogP contribution is 2.02. The van der Waals surface area contributed by atoms with Crippen LogP contribution in [0.25, 0.3) is 0 Å². The van der Waals surface area contributed by atoms with E-state index in [9.17, 15) is 14.4 Å². The number of aryl methyl sites for hydroxylation is 1. The van der Waals surface area contributed by atoms with Gasteiger partial charge in [-0.3, -0.25) is 9.48 Å². The lowest BCUT2D eigenvalue weighted by atomic mass is 10.2. The Balaban J connectivity index is 2.59. The van der Waals surface area contributed by atoms with Crippen LogP contribution in [0.4, 0.5) is 4.79 Å². The summed E-state index contributed by atoms with van der Waals surface area (Å²) in [5.74, 6) is -2.69. The molecular weight excluding hydrogens is 268 g/mol. The van der Waals surface area contributed by atoms with Gasteiger partial charge in [0, 0.05) is 25.9 Å². The van der Waals surface area contributed by atoms with Crippen LogP contribution in [0.1, 0.15) is 12.0 Å². The summed E-state index contributed by atoms with van der Waals surface area (Å²) in [6, 6.07) is -2.13. The molecule has 110 valence electrons. The van der Waals surface area contributed by atoms with Crippen LogP contribution >= 0.6 is 0 Å². The first kappa shape index (κ1) is 15.5. The molecule has 20 heavy (non-hydrogen) atoms. The summed E-state index contributed by atoms with van der Waals surface area (Å²) in [5, 5.41) is 23.5. The van der Waals surface area contributed by atoms with Gasteiger partial charge < -0.3 is 20.4 Å². The molecule has 0 saturated carbocycles. The second-order valence-electron chi connectivity index (χ2n) is 4.32. The molecule has 1 atom stereocenters. The van der Waals surface area contributed by atoms with E-state index in [0.717, 1.165) is 5.56 Å². The molecule has 0 fully saturated rings. The van der Waals surface area contributed by atoms with Crippen LogP contribution < -0.4 is 5.32 Å². The van der Waals surface area contributed by atoms with E-state index < -0.39 is 30.4 Å². The van der Waals surface area contributed by atoms with E-state index in [1.807, 2.05) is 0 Å². The zero-order valence-corrected chi connectivity index (χ0v) is 11.1. The monoisotopic (exact) mass is 284 g/mol. The van der Waals surface area contributed by atoms with Crippen molar-refractivity contribution >= 4 is 18.0 Å². The molecule has 0 unspecified atom stereocenters. The molecule has 3 N–H and O–H groups in total. The first-order chi connectivity index (χ1) is 9.29. The molecule has 0 spiro atoms. The number of carbonyl (C=O) groups is 3. The number of aromatic nitrogens is 2. The quantitative estimate of drug-likeness (QED) is 0.646. The molecule has 1 rings (SSSR count). The Morgan fingerprint density at radius 1 is 1.45 bits per heavy atom. The van der Waals surface area contributed by atoms with Crippen molar-refractivity contribution in [3.05, 3.63) is 18.0 Å². The number of urea groups is 1. The van der Waals surface area contributed by atoms with Gasteiger partial charge in [-0.25, -0.2) is 9.59 Å². The molecule has 0 aliphatic rings. The maximum absolute atomic E-state index is 11.8. The van der Waals surface area contributed by atoms with Gasteiger partial charge in [0.1, 0.15) is 6.04 Å². The van der Waals surface area contributed by atoms with Crippen molar-refractivity contribution in [3.63, 3.8) is 0 Å². The summed E-state index contributed by atoms with van der Waals surface area (Å²) < 4.78 is 1.57. The molecular formula is C11H16N4O5. The number of hydrogen-bond donors (Lipinski definition) is 3. The number of rotatable bonds is 6. The molecule has 0 saturated heterocycles. The number of carboxylic acids is 2. The standard InChI is InChI=1S/C11H16N4O5/c1-14(5-7-4-12-15(2)6-7)11(20)13-8(10(18)19)3-9(16)17/h4,6,8H,3,5H2,1-2H3,(H,13,20)(H,16,17)(H,18,19)/t8-/m0/s1. The third kappa shape index (κ3) is 4.59. The Bertz CT molecular complexity index is 513. The summed E-state index contributed by atoms with van der Waals surface area (Å²) in [6.07, 6.45) is 2.62. The van der Waals surface area contributed by atoms with Gasteiger partial charge in [-0.1, -0.05) is 0 Å². The smallest absolute Gasteiger partial charge is 0.326 e. The van der Waals surface area contributed by atoms with Crippen LogP contribution in [-0.2, 0) is 23.2 Å². The lowest BCUT2D eigenvalue weighted by Crippen LogP contribution is -2.47. The van der Waals surface area contributed by atoms with Crippen LogP contribution in [0, 0.1) is 0 Å². The number of carboxylic acid groups (broad SMARTS) is 2. The maximum Gasteiger partial charge on any atom is 0.326 e. The van der Waals surface area contributed by atoms with Crippen LogP contribution in [0.15, 0.2) is 12.4 Å². The van der Waals surface area contributed by atoms with Gasteiger partial charge in [0.2, 0.25) is 0 Å². The molecule has 0 aromatic carbocycles. The first-order valence-corrected chi connectivity index (χ1v) is 5.73. The van der Waals surface area contributed by atoms with E-state index in [1.54, 1.807) is 24.1 Å². The predicted molar refractivity (Wildman–Crippen MR) is 66.9 cm³/mol. The number of amides is 2. The molecule has 0 aliphatic heterocycles.